The Morgan fingerprint density at radius 2 is 2.18 bits per heavy atom. The Kier molecular flexibility index (Phi) is 5.85. The van der Waals surface area contributed by atoms with Gasteiger partial charge in [-0.2, -0.15) is 5.10 Å². The zero-order valence-electron chi connectivity index (χ0n) is 13.0. The molecule has 2 aromatic heterocycles. The number of nitrogens with two attached hydrogens (primary N) is 1. The molecule has 0 amide bonds. The molecule has 7 heteroatoms. The first kappa shape index (κ1) is 16.4. The second kappa shape index (κ2) is 7.86. The van der Waals surface area contributed by atoms with Crippen LogP contribution in [0.1, 0.15) is 35.7 Å². The molecule has 7 nitrogen and oxygen atoms in total. The fourth-order valence-corrected chi connectivity index (χ4v) is 2.15. The van der Waals surface area contributed by atoms with Crippen LogP contribution in [-0.4, -0.2) is 47.0 Å². The van der Waals surface area contributed by atoms with Gasteiger partial charge in [-0.1, -0.05) is 0 Å². The lowest BCUT2D eigenvalue weighted by Gasteiger charge is -2.16. The number of hydrogen-bond acceptors (Lipinski definition) is 6. The molecule has 0 aromatic carbocycles. The number of fused-ring (bicyclic) bond motifs is 1. The molecular formula is C15H22N4O3. The summed E-state index contributed by atoms with van der Waals surface area (Å²) in [6.07, 6.45) is 5.24. The van der Waals surface area contributed by atoms with Gasteiger partial charge in [-0.3, -0.25) is 5.10 Å². The van der Waals surface area contributed by atoms with E-state index in [1.807, 2.05) is 6.92 Å². The average molecular weight is 306 g/mol. The van der Waals surface area contributed by atoms with E-state index in [-0.39, 0.29) is 5.97 Å². The van der Waals surface area contributed by atoms with Crippen molar-refractivity contribution in [3.05, 3.63) is 23.5 Å². The molecule has 3 rings (SSSR count). The second-order valence-corrected chi connectivity index (χ2v) is 5.10. The smallest absolute Gasteiger partial charge is 0.339 e. The largest absolute Gasteiger partial charge is 0.462 e. The number of nitrogens with one attached hydrogen (secondary N) is 1. The molecule has 22 heavy (non-hydrogen) atoms. The van der Waals surface area contributed by atoms with E-state index in [9.17, 15) is 4.79 Å². The van der Waals surface area contributed by atoms with Crippen molar-refractivity contribution in [3.63, 3.8) is 0 Å². The molecule has 1 aliphatic heterocycles. The lowest BCUT2D eigenvalue weighted by atomic mass is 10.1. The normalized spacial score (nSPS) is 15.2. The van der Waals surface area contributed by atoms with Gasteiger partial charge >= 0.3 is 5.97 Å². The maximum atomic E-state index is 11.5. The van der Waals surface area contributed by atoms with E-state index in [4.69, 9.17) is 15.2 Å². The predicted octanol–water partition coefficient (Wildman–Crippen LogP) is 1.57. The fourth-order valence-electron chi connectivity index (χ4n) is 2.15. The van der Waals surface area contributed by atoms with Crippen LogP contribution in [-0.2, 0) is 9.47 Å². The van der Waals surface area contributed by atoms with Crippen molar-refractivity contribution in [2.75, 3.05) is 19.8 Å². The predicted molar refractivity (Wildman–Crippen MR) is 82.6 cm³/mol. The van der Waals surface area contributed by atoms with Crippen molar-refractivity contribution in [3.8, 4) is 0 Å². The Morgan fingerprint density at radius 3 is 2.77 bits per heavy atom. The van der Waals surface area contributed by atoms with Gasteiger partial charge < -0.3 is 15.2 Å². The zero-order chi connectivity index (χ0) is 15.9. The summed E-state index contributed by atoms with van der Waals surface area (Å²) in [7, 11) is 0. The summed E-state index contributed by atoms with van der Waals surface area (Å²) >= 11 is 0. The maximum absolute atomic E-state index is 11.5. The minimum Gasteiger partial charge on any atom is -0.462 e. The summed E-state index contributed by atoms with van der Waals surface area (Å²) in [6.45, 7) is 5.72. The van der Waals surface area contributed by atoms with E-state index in [1.54, 1.807) is 13.1 Å². The number of rotatable bonds is 2. The third kappa shape index (κ3) is 4.02. The van der Waals surface area contributed by atoms with Gasteiger partial charge in [0.25, 0.3) is 0 Å². The van der Waals surface area contributed by atoms with Crippen molar-refractivity contribution < 1.29 is 14.3 Å². The zero-order valence-corrected chi connectivity index (χ0v) is 13.0. The number of hydrogen-bond donors (Lipinski definition) is 2. The Hall–Kier alpha value is -1.99. The summed E-state index contributed by atoms with van der Waals surface area (Å²) < 4.78 is 9.98. The molecule has 120 valence electrons. The Balaban J connectivity index is 0.000000211. The minimum atomic E-state index is -0.342. The van der Waals surface area contributed by atoms with Crippen LogP contribution in [0.25, 0.3) is 11.0 Å². The lowest BCUT2D eigenvalue weighted by molar-refractivity contribution is 0.0525. The van der Waals surface area contributed by atoms with Crippen LogP contribution >= 0.6 is 0 Å². The first-order chi connectivity index (χ1) is 10.6. The molecule has 0 atom stereocenters. The third-order valence-corrected chi connectivity index (χ3v) is 3.51. The summed E-state index contributed by atoms with van der Waals surface area (Å²) in [6, 6.07) is 0.411. The van der Waals surface area contributed by atoms with Crippen molar-refractivity contribution in [1.29, 1.82) is 0 Å². The van der Waals surface area contributed by atoms with E-state index in [0.29, 0.717) is 23.9 Å². The van der Waals surface area contributed by atoms with Gasteiger partial charge in [0, 0.05) is 30.8 Å². The van der Waals surface area contributed by atoms with E-state index in [0.717, 1.165) is 37.0 Å². The van der Waals surface area contributed by atoms with E-state index < -0.39 is 0 Å². The maximum Gasteiger partial charge on any atom is 0.339 e. The Morgan fingerprint density at radius 1 is 1.45 bits per heavy atom. The molecule has 3 heterocycles. The minimum absolute atomic E-state index is 0.342. The van der Waals surface area contributed by atoms with E-state index >= 15 is 0 Å². The summed E-state index contributed by atoms with van der Waals surface area (Å²) in [5.74, 6) is -0.342. The molecule has 1 fully saturated rings. The Labute approximate surface area is 129 Å². The lowest BCUT2D eigenvalue weighted by Crippen LogP contribution is -2.28. The van der Waals surface area contributed by atoms with Crippen LogP contribution in [0.4, 0.5) is 0 Å². The number of aryl methyl sites for hydroxylation is 1. The highest BCUT2D eigenvalue weighted by atomic mass is 16.5. The van der Waals surface area contributed by atoms with Gasteiger partial charge in [0.05, 0.1) is 18.4 Å². The number of pyridine rings is 1. The van der Waals surface area contributed by atoms with Crippen LogP contribution in [0.2, 0.25) is 0 Å². The monoisotopic (exact) mass is 306 g/mol. The van der Waals surface area contributed by atoms with E-state index in [1.165, 1.54) is 6.20 Å². The molecule has 0 spiro atoms. The molecule has 1 aliphatic rings. The van der Waals surface area contributed by atoms with Gasteiger partial charge in [-0.15, -0.1) is 0 Å². The molecule has 0 bridgehead atoms. The number of nitrogens with zero attached hydrogens (tertiary/aromatic N) is 2. The van der Waals surface area contributed by atoms with Crippen LogP contribution < -0.4 is 5.73 Å². The topological polar surface area (TPSA) is 103 Å². The number of carbonyl (C=O) groups excluding carboxylic acids is 1. The molecule has 0 aliphatic carbocycles. The van der Waals surface area contributed by atoms with Crippen LogP contribution in [0.5, 0.6) is 0 Å². The number of aromatic nitrogens is 3. The van der Waals surface area contributed by atoms with Gasteiger partial charge in [0.2, 0.25) is 0 Å². The summed E-state index contributed by atoms with van der Waals surface area (Å²) in [5.41, 5.74) is 7.57. The fraction of sp³-hybridized carbons (Fsp3) is 0.533. The number of H-pyrrole nitrogens is 1. The molecule has 2 aromatic rings. The highest BCUT2D eigenvalue weighted by Crippen LogP contribution is 2.17. The third-order valence-electron chi connectivity index (χ3n) is 3.51. The van der Waals surface area contributed by atoms with Gasteiger partial charge in [0.1, 0.15) is 0 Å². The molecule has 0 unspecified atom stereocenters. The van der Waals surface area contributed by atoms with Crippen molar-refractivity contribution in [1.82, 2.24) is 15.2 Å². The number of carbonyl (C=O) groups is 1. The number of aromatic amines is 1. The van der Waals surface area contributed by atoms with Crippen LogP contribution in [0, 0.1) is 6.92 Å². The van der Waals surface area contributed by atoms with E-state index in [2.05, 4.69) is 15.2 Å². The molecular weight excluding hydrogens is 284 g/mol. The molecule has 0 radical (unpaired) electrons. The highest BCUT2D eigenvalue weighted by Gasteiger charge is 2.13. The number of esters is 1. The van der Waals surface area contributed by atoms with Gasteiger partial charge in [-0.05, 0) is 32.3 Å². The summed E-state index contributed by atoms with van der Waals surface area (Å²) in [4.78, 5) is 15.6. The Bertz CT molecular complexity index is 620. The van der Waals surface area contributed by atoms with Gasteiger partial charge in [-0.25, -0.2) is 9.78 Å². The SMILES string of the molecule is CCOC(=O)c1cnc2[nH]ncc2c1C.NC1CCOCC1. The molecule has 1 saturated heterocycles. The first-order valence-electron chi connectivity index (χ1n) is 7.42. The molecule has 0 saturated carbocycles. The number of ether oxygens (including phenoxy) is 2. The second-order valence-electron chi connectivity index (χ2n) is 5.10. The van der Waals surface area contributed by atoms with Crippen LogP contribution in [0.15, 0.2) is 12.4 Å². The van der Waals surface area contributed by atoms with Gasteiger partial charge in [0.15, 0.2) is 5.65 Å². The highest BCUT2D eigenvalue weighted by molar-refractivity contribution is 5.95. The summed E-state index contributed by atoms with van der Waals surface area (Å²) in [5, 5.41) is 7.46. The van der Waals surface area contributed by atoms with Crippen molar-refractivity contribution in [2.45, 2.75) is 32.7 Å². The molecule has 3 N–H and O–H groups in total. The van der Waals surface area contributed by atoms with Crippen molar-refractivity contribution >= 4 is 17.0 Å². The first-order valence-corrected chi connectivity index (χ1v) is 7.42. The standard InChI is InChI=1S/C10H11N3O2.C5H11NO/c1-3-15-10(14)8-4-11-9-7(6(8)2)5-12-13-9;6-5-1-3-7-4-2-5/h4-5H,3H2,1-2H3,(H,11,12,13);5H,1-4,6H2. The average Bonchev–Trinajstić information content (AvgIpc) is 2.99. The van der Waals surface area contributed by atoms with Crippen molar-refractivity contribution in [2.24, 2.45) is 5.73 Å². The van der Waals surface area contributed by atoms with Crippen LogP contribution in [0.3, 0.4) is 0 Å². The quantitative estimate of drug-likeness (QED) is 0.816.